The summed E-state index contributed by atoms with van der Waals surface area (Å²) in [6.07, 6.45) is 0. The van der Waals surface area contributed by atoms with Crippen molar-refractivity contribution in [3.05, 3.63) is 40.4 Å². The number of aromatic nitrogens is 1. The van der Waals surface area contributed by atoms with Crippen LogP contribution in [0.25, 0.3) is 10.6 Å². The molecule has 1 aromatic heterocycles. The van der Waals surface area contributed by atoms with Crippen LogP contribution in [0.3, 0.4) is 0 Å². The summed E-state index contributed by atoms with van der Waals surface area (Å²) in [5.41, 5.74) is 1.85. The molecule has 0 aliphatic rings. The van der Waals surface area contributed by atoms with Crippen molar-refractivity contribution >= 4 is 28.9 Å². The van der Waals surface area contributed by atoms with E-state index >= 15 is 0 Å². The first kappa shape index (κ1) is 15.9. The molecule has 1 aromatic carbocycles. The molecule has 0 atom stereocenters. The first-order valence-corrected chi connectivity index (χ1v) is 7.89. The van der Waals surface area contributed by atoms with Gasteiger partial charge in [0.15, 0.2) is 0 Å². The van der Waals surface area contributed by atoms with Gasteiger partial charge in [0.1, 0.15) is 5.01 Å². The van der Waals surface area contributed by atoms with Crippen molar-refractivity contribution in [1.29, 1.82) is 0 Å². The van der Waals surface area contributed by atoms with Gasteiger partial charge < -0.3 is 4.74 Å². The van der Waals surface area contributed by atoms with Crippen molar-refractivity contribution in [1.82, 2.24) is 9.88 Å². The molecule has 0 unspecified atom stereocenters. The van der Waals surface area contributed by atoms with E-state index in [4.69, 9.17) is 16.3 Å². The zero-order chi connectivity index (χ0) is 15.2. The Kier molecular flexibility index (Phi) is 5.73. The highest BCUT2D eigenvalue weighted by Gasteiger charge is 2.12. The van der Waals surface area contributed by atoms with Gasteiger partial charge in [0, 0.05) is 17.5 Å². The molecule has 0 spiro atoms. The maximum absolute atomic E-state index is 11.4. The van der Waals surface area contributed by atoms with Gasteiger partial charge in [-0.05, 0) is 20.0 Å². The van der Waals surface area contributed by atoms with E-state index in [0.29, 0.717) is 18.2 Å². The molecule has 2 aromatic rings. The number of halogens is 1. The van der Waals surface area contributed by atoms with Crippen LogP contribution in [0.4, 0.5) is 0 Å². The number of esters is 1. The zero-order valence-corrected chi connectivity index (χ0v) is 13.6. The van der Waals surface area contributed by atoms with Gasteiger partial charge in [0.25, 0.3) is 0 Å². The van der Waals surface area contributed by atoms with Crippen LogP contribution in [-0.4, -0.2) is 36.1 Å². The number of hydrogen-bond acceptors (Lipinski definition) is 5. The lowest BCUT2D eigenvalue weighted by Crippen LogP contribution is -2.27. The Bertz CT molecular complexity index is 615. The van der Waals surface area contributed by atoms with Crippen LogP contribution < -0.4 is 0 Å². The van der Waals surface area contributed by atoms with E-state index in [2.05, 4.69) is 4.98 Å². The van der Waals surface area contributed by atoms with Crippen molar-refractivity contribution in [2.75, 3.05) is 20.2 Å². The van der Waals surface area contributed by atoms with Gasteiger partial charge >= 0.3 is 5.97 Å². The minimum absolute atomic E-state index is 0.221. The molecule has 112 valence electrons. The molecule has 0 aliphatic heterocycles. The monoisotopic (exact) mass is 324 g/mol. The van der Waals surface area contributed by atoms with Gasteiger partial charge in [0.2, 0.25) is 0 Å². The Balaban J connectivity index is 2.00. The molecule has 21 heavy (non-hydrogen) atoms. The highest BCUT2D eigenvalue weighted by molar-refractivity contribution is 7.13. The Morgan fingerprint density at radius 2 is 2.19 bits per heavy atom. The zero-order valence-electron chi connectivity index (χ0n) is 12.0. The summed E-state index contributed by atoms with van der Waals surface area (Å²) < 4.78 is 4.92. The third kappa shape index (κ3) is 4.52. The van der Waals surface area contributed by atoms with Crippen molar-refractivity contribution in [2.45, 2.75) is 13.5 Å². The largest absolute Gasteiger partial charge is 0.465 e. The van der Waals surface area contributed by atoms with Crippen molar-refractivity contribution in [2.24, 2.45) is 0 Å². The Labute approximate surface area is 133 Å². The predicted octanol–water partition coefficient (Wildman–Crippen LogP) is 3.46. The normalized spacial score (nSPS) is 10.9. The van der Waals surface area contributed by atoms with E-state index in [9.17, 15) is 4.79 Å². The number of carbonyl (C=O) groups is 1. The summed E-state index contributed by atoms with van der Waals surface area (Å²) in [6.45, 7) is 3.06. The van der Waals surface area contributed by atoms with Crippen LogP contribution in [0.2, 0.25) is 5.02 Å². The highest BCUT2D eigenvalue weighted by atomic mass is 35.5. The number of rotatable bonds is 6. The van der Waals surface area contributed by atoms with Crippen LogP contribution in [0.15, 0.2) is 29.6 Å². The molecular formula is C15H17ClN2O2S. The average Bonchev–Trinajstić information content (AvgIpc) is 2.87. The Hall–Kier alpha value is -1.43. The predicted molar refractivity (Wildman–Crippen MR) is 85.5 cm³/mol. The van der Waals surface area contributed by atoms with Crippen LogP contribution in [0, 0.1) is 0 Å². The minimum Gasteiger partial charge on any atom is -0.465 e. The highest BCUT2D eigenvalue weighted by Crippen LogP contribution is 2.30. The standard InChI is InChI=1S/C15H17ClN2O2S/c1-3-20-14(19)9-18(2)8-11-10-21-15(17-11)12-6-4-5-7-13(12)16/h4-7,10H,3,8-9H2,1-2H3. The molecule has 0 radical (unpaired) electrons. The first-order chi connectivity index (χ1) is 10.1. The lowest BCUT2D eigenvalue weighted by atomic mass is 10.2. The summed E-state index contributed by atoms with van der Waals surface area (Å²) in [4.78, 5) is 17.9. The fourth-order valence-corrected chi connectivity index (χ4v) is 3.03. The van der Waals surface area contributed by atoms with Gasteiger partial charge in [-0.25, -0.2) is 4.98 Å². The Morgan fingerprint density at radius 1 is 1.43 bits per heavy atom. The molecule has 0 aliphatic carbocycles. The summed E-state index contributed by atoms with van der Waals surface area (Å²) >= 11 is 7.72. The third-order valence-electron chi connectivity index (χ3n) is 2.79. The minimum atomic E-state index is -0.221. The molecule has 0 fully saturated rings. The van der Waals surface area contributed by atoms with E-state index in [1.165, 1.54) is 0 Å². The van der Waals surface area contributed by atoms with Gasteiger partial charge in [-0.15, -0.1) is 11.3 Å². The average molecular weight is 325 g/mol. The molecule has 4 nitrogen and oxygen atoms in total. The molecular weight excluding hydrogens is 308 g/mol. The lowest BCUT2D eigenvalue weighted by molar-refractivity contribution is -0.144. The number of benzene rings is 1. The number of likely N-dealkylation sites (N-methyl/N-ethyl adjacent to an activating group) is 1. The molecule has 0 saturated heterocycles. The second-order valence-electron chi connectivity index (χ2n) is 4.60. The number of ether oxygens (including phenoxy) is 1. The van der Waals surface area contributed by atoms with E-state index < -0.39 is 0 Å². The fourth-order valence-electron chi connectivity index (χ4n) is 1.90. The summed E-state index contributed by atoms with van der Waals surface area (Å²) in [5, 5.41) is 3.57. The molecule has 1 heterocycles. The number of nitrogens with zero attached hydrogens (tertiary/aromatic N) is 2. The van der Waals surface area contributed by atoms with Crippen molar-refractivity contribution in [3.63, 3.8) is 0 Å². The van der Waals surface area contributed by atoms with Crippen LogP contribution in [0.5, 0.6) is 0 Å². The van der Waals surface area contributed by atoms with Crippen molar-refractivity contribution in [3.8, 4) is 10.6 Å². The fraction of sp³-hybridized carbons (Fsp3) is 0.333. The number of hydrogen-bond donors (Lipinski definition) is 0. The summed E-state index contributed by atoms with van der Waals surface area (Å²) in [5.74, 6) is -0.221. The number of carbonyl (C=O) groups excluding carboxylic acids is 1. The maximum Gasteiger partial charge on any atom is 0.320 e. The quantitative estimate of drug-likeness (QED) is 0.763. The third-order valence-corrected chi connectivity index (χ3v) is 4.05. The van der Waals surface area contributed by atoms with Gasteiger partial charge in [-0.3, -0.25) is 9.69 Å². The summed E-state index contributed by atoms with van der Waals surface area (Å²) in [6, 6.07) is 7.64. The van der Waals surface area contributed by atoms with Crippen LogP contribution in [0.1, 0.15) is 12.6 Å². The Morgan fingerprint density at radius 3 is 2.90 bits per heavy atom. The topological polar surface area (TPSA) is 42.4 Å². The second-order valence-corrected chi connectivity index (χ2v) is 5.87. The number of thiazole rings is 1. The van der Waals surface area contributed by atoms with Crippen LogP contribution >= 0.6 is 22.9 Å². The van der Waals surface area contributed by atoms with Gasteiger partial charge in [-0.2, -0.15) is 0 Å². The van der Waals surface area contributed by atoms with Gasteiger partial charge in [-0.1, -0.05) is 29.8 Å². The van der Waals surface area contributed by atoms with Crippen molar-refractivity contribution < 1.29 is 9.53 Å². The second kappa shape index (κ2) is 7.54. The van der Waals surface area contributed by atoms with E-state index in [0.717, 1.165) is 16.3 Å². The smallest absolute Gasteiger partial charge is 0.320 e. The van der Waals surface area contributed by atoms with E-state index in [1.807, 2.05) is 41.6 Å². The molecule has 0 N–H and O–H groups in total. The van der Waals surface area contributed by atoms with Gasteiger partial charge in [0.05, 0.1) is 23.9 Å². The first-order valence-electron chi connectivity index (χ1n) is 6.63. The maximum atomic E-state index is 11.4. The van der Waals surface area contributed by atoms with Crippen LogP contribution in [-0.2, 0) is 16.1 Å². The molecule has 0 saturated carbocycles. The summed E-state index contributed by atoms with van der Waals surface area (Å²) in [7, 11) is 1.87. The molecule has 6 heteroatoms. The van der Waals surface area contributed by atoms with E-state index in [-0.39, 0.29) is 12.5 Å². The molecule has 2 rings (SSSR count). The SMILES string of the molecule is CCOC(=O)CN(C)Cc1csc(-c2ccccc2Cl)n1. The molecule has 0 bridgehead atoms. The van der Waals surface area contributed by atoms with E-state index in [1.54, 1.807) is 18.3 Å². The lowest BCUT2D eigenvalue weighted by Gasteiger charge is -2.13. The molecule has 0 amide bonds.